The van der Waals surface area contributed by atoms with Crippen LogP contribution in [0, 0.1) is 6.92 Å². The smallest absolute Gasteiger partial charge is 0.259 e. The Hall–Kier alpha value is -1.40. The number of rotatable bonds is 4. The average Bonchev–Trinajstić information content (AvgIpc) is 2.43. The Bertz CT molecular complexity index is 651. The number of benzene rings is 1. The molecule has 21 heavy (non-hydrogen) atoms. The van der Waals surface area contributed by atoms with Crippen LogP contribution in [-0.4, -0.2) is 17.4 Å². The molecule has 0 radical (unpaired) electrons. The summed E-state index contributed by atoms with van der Waals surface area (Å²) in [6.45, 7) is 4.71. The first-order chi connectivity index (χ1) is 10.0. The van der Waals surface area contributed by atoms with Crippen molar-refractivity contribution in [3.63, 3.8) is 0 Å². The first-order valence-corrected chi connectivity index (χ1v) is 8.06. The third kappa shape index (κ3) is 3.83. The van der Waals surface area contributed by atoms with E-state index in [1.54, 1.807) is 18.5 Å². The van der Waals surface area contributed by atoms with E-state index >= 15 is 0 Å². The average molecular weight is 413 g/mol. The number of pyridine rings is 1. The molecule has 1 amide bonds. The summed E-state index contributed by atoms with van der Waals surface area (Å²) < 4.78 is 1.66. The van der Waals surface area contributed by atoms with Crippen molar-refractivity contribution in [2.45, 2.75) is 13.8 Å². The monoisotopic (exact) mass is 411 g/mol. The third-order valence-corrected chi connectivity index (χ3v) is 4.11. The van der Waals surface area contributed by atoms with E-state index in [0.29, 0.717) is 11.3 Å². The van der Waals surface area contributed by atoms with Gasteiger partial charge in [0.05, 0.1) is 16.9 Å². The lowest BCUT2D eigenvalue weighted by molar-refractivity contribution is 0.102. The Morgan fingerprint density at radius 3 is 2.57 bits per heavy atom. The lowest BCUT2D eigenvalue weighted by Crippen LogP contribution is -2.16. The van der Waals surface area contributed by atoms with Gasteiger partial charge in [-0.25, -0.2) is 0 Å². The summed E-state index contributed by atoms with van der Waals surface area (Å²) in [5.74, 6) is -0.204. The fraction of sp³-hybridized carbons (Fsp3) is 0.200. The first-order valence-electron chi connectivity index (χ1n) is 6.47. The highest BCUT2D eigenvalue weighted by Gasteiger charge is 2.15. The maximum Gasteiger partial charge on any atom is 0.259 e. The standard InChI is InChI=1S/C15H15Br2N3O/c1-3-19-13-4-5-18-8-10(13)15(21)20-14-11(16)6-9(2)7-12(14)17/h4-8H,3H2,1-2H3,(H,18,19)(H,20,21). The molecule has 0 bridgehead atoms. The summed E-state index contributed by atoms with van der Waals surface area (Å²) in [6, 6.07) is 5.70. The normalized spacial score (nSPS) is 10.3. The van der Waals surface area contributed by atoms with E-state index < -0.39 is 0 Å². The van der Waals surface area contributed by atoms with Crippen LogP contribution < -0.4 is 10.6 Å². The van der Waals surface area contributed by atoms with Crippen molar-refractivity contribution >= 4 is 49.1 Å². The van der Waals surface area contributed by atoms with Gasteiger partial charge in [-0.2, -0.15) is 0 Å². The molecule has 0 spiro atoms. The van der Waals surface area contributed by atoms with E-state index in [1.807, 2.05) is 26.0 Å². The Balaban J connectivity index is 2.31. The minimum atomic E-state index is -0.204. The minimum Gasteiger partial charge on any atom is -0.385 e. The summed E-state index contributed by atoms with van der Waals surface area (Å²) in [6.07, 6.45) is 3.22. The third-order valence-electron chi connectivity index (χ3n) is 2.86. The molecule has 2 N–H and O–H groups in total. The zero-order valence-electron chi connectivity index (χ0n) is 11.7. The van der Waals surface area contributed by atoms with Crippen LogP contribution in [-0.2, 0) is 0 Å². The zero-order valence-corrected chi connectivity index (χ0v) is 14.9. The molecule has 4 nitrogen and oxygen atoms in total. The number of hydrogen-bond acceptors (Lipinski definition) is 3. The van der Waals surface area contributed by atoms with Gasteiger partial charge in [0.15, 0.2) is 0 Å². The van der Waals surface area contributed by atoms with Crippen molar-refractivity contribution in [1.82, 2.24) is 4.98 Å². The molecule has 2 rings (SSSR count). The molecule has 110 valence electrons. The number of nitrogens with zero attached hydrogens (tertiary/aromatic N) is 1. The zero-order chi connectivity index (χ0) is 15.4. The predicted molar refractivity (Wildman–Crippen MR) is 92.9 cm³/mol. The van der Waals surface area contributed by atoms with E-state index in [-0.39, 0.29) is 5.91 Å². The SMILES string of the molecule is CCNc1ccncc1C(=O)Nc1c(Br)cc(C)cc1Br. The molecule has 1 heterocycles. The van der Waals surface area contributed by atoms with Crippen LogP contribution in [0.2, 0.25) is 0 Å². The molecule has 0 fully saturated rings. The summed E-state index contributed by atoms with van der Waals surface area (Å²) in [7, 11) is 0. The van der Waals surface area contributed by atoms with Gasteiger partial charge < -0.3 is 10.6 Å². The molecule has 0 saturated carbocycles. The van der Waals surface area contributed by atoms with E-state index in [0.717, 1.165) is 26.7 Å². The molecule has 2 aromatic rings. The van der Waals surface area contributed by atoms with E-state index in [9.17, 15) is 4.79 Å². The van der Waals surface area contributed by atoms with E-state index in [2.05, 4.69) is 47.5 Å². The predicted octanol–water partition coefficient (Wildman–Crippen LogP) is 4.60. The number of amides is 1. The van der Waals surface area contributed by atoms with Crippen LogP contribution in [0.15, 0.2) is 39.5 Å². The second-order valence-electron chi connectivity index (χ2n) is 4.51. The summed E-state index contributed by atoms with van der Waals surface area (Å²) in [4.78, 5) is 16.5. The van der Waals surface area contributed by atoms with Gasteiger partial charge in [-0.15, -0.1) is 0 Å². The van der Waals surface area contributed by atoms with Crippen molar-refractivity contribution < 1.29 is 4.79 Å². The maximum absolute atomic E-state index is 12.5. The van der Waals surface area contributed by atoms with Gasteiger partial charge in [-0.1, -0.05) is 0 Å². The van der Waals surface area contributed by atoms with Gasteiger partial charge >= 0.3 is 0 Å². The molecule has 0 aliphatic carbocycles. The van der Waals surface area contributed by atoms with Crippen LogP contribution in [0.25, 0.3) is 0 Å². The van der Waals surface area contributed by atoms with Crippen molar-refractivity contribution in [1.29, 1.82) is 0 Å². The Morgan fingerprint density at radius 2 is 1.95 bits per heavy atom. The molecular formula is C15H15Br2N3O. The lowest BCUT2D eigenvalue weighted by atomic mass is 10.2. The van der Waals surface area contributed by atoms with Gasteiger partial charge in [0, 0.05) is 27.9 Å². The van der Waals surface area contributed by atoms with Gasteiger partial charge in [-0.05, 0) is 69.5 Å². The second-order valence-corrected chi connectivity index (χ2v) is 6.22. The summed E-state index contributed by atoms with van der Waals surface area (Å²) in [5, 5.41) is 6.07. The molecule has 6 heteroatoms. The van der Waals surface area contributed by atoms with Crippen molar-refractivity contribution in [3.05, 3.63) is 50.7 Å². The molecule has 0 aliphatic heterocycles. The Morgan fingerprint density at radius 1 is 1.29 bits per heavy atom. The van der Waals surface area contributed by atoms with E-state index in [4.69, 9.17) is 0 Å². The summed E-state index contributed by atoms with van der Waals surface area (Å²) in [5.41, 5.74) is 3.08. The van der Waals surface area contributed by atoms with Crippen molar-refractivity contribution in [2.75, 3.05) is 17.2 Å². The Kier molecular flexibility index (Phi) is 5.36. The highest BCUT2D eigenvalue weighted by molar-refractivity contribution is 9.11. The minimum absolute atomic E-state index is 0.204. The van der Waals surface area contributed by atoms with Crippen LogP contribution in [0.3, 0.4) is 0 Å². The number of carbonyl (C=O) groups excluding carboxylic acids is 1. The molecule has 0 saturated heterocycles. The lowest BCUT2D eigenvalue weighted by Gasteiger charge is -2.13. The highest BCUT2D eigenvalue weighted by atomic mass is 79.9. The maximum atomic E-state index is 12.5. The van der Waals surface area contributed by atoms with Crippen LogP contribution in [0.5, 0.6) is 0 Å². The topological polar surface area (TPSA) is 54.0 Å². The molecule has 1 aromatic heterocycles. The number of aromatic nitrogens is 1. The number of carbonyl (C=O) groups is 1. The fourth-order valence-corrected chi connectivity index (χ4v) is 3.53. The molecule has 1 aromatic carbocycles. The van der Waals surface area contributed by atoms with E-state index in [1.165, 1.54) is 0 Å². The first kappa shape index (κ1) is 16.0. The number of halogens is 2. The van der Waals surface area contributed by atoms with Gasteiger partial charge in [0.1, 0.15) is 0 Å². The Labute approximate surface area is 140 Å². The second kappa shape index (κ2) is 7.04. The number of aryl methyl sites for hydroxylation is 1. The molecule has 0 unspecified atom stereocenters. The van der Waals surface area contributed by atoms with Gasteiger partial charge in [0.25, 0.3) is 5.91 Å². The number of hydrogen-bond donors (Lipinski definition) is 2. The van der Waals surface area contributed by atoms with Crippen molar-refractivity contribution in [2.24, 2.45) is 0 Å². The largest absolute Gasteiger partial charge is 0.385 e. The number of anilines is 2. The van der Waals surface area contributed by atoms with Gasteiger partial charge in [-0.3, -0.25) is 9.78 Å². The highest BCUT2D eigenvalue weighted by Crippen LogP contribution is 2.33. The fourth-order valence-electron chi connectivity index (χ4n) is 1.92. The van der Waals surface area contributed by atoms with Gasteiger partial charge in [0.2, 0.25) is 0 Å². The van der Waals surface area contributed by atoms with Crippen LogP contribution in [0.4, 0.5) is 11.4 Å². The molecule has 0 aliphatic rings. The summed E-state index contributed by atoms with van der Waals surface area (Å²) >= 11 is 6.94. The van der Waals surface area contributed by atoms with Crippen LogP contribution in [0.1, 0.15) is 22.8 Å². The molecular weight excluding hydrogens is 398 g/mol. The van der Waals surface area contributed by atoms with Crippen molar-refractivity contribution in [3.8, 4) is 0 Å². The quantitative estimate of drug-likeness (QED) is 0.771. The van der Waals surface area contributed by atoms with Crippen LogP contribution >= 0.6 is 31.9 Å². The number of nitrogens with one attached hydrogen (secondary N) is 2. The molecule has 0 atom stereocenters.